The normalized spacial score (nSPS) is 10.8. The Hall–Kier alpha value is -0.520. The molecule has 0 aliphatic heterocycles. The molecule has 0 aromatic carbocycles. The highest BCUT2D eigenvalue weighted by Crippen LogP contribution is 2.16. The molecule has 0 unspecified atom stereocenters. The van der Waals surface area contributed by atoms with E-state index in [0.29, 0.717) is 10.3 Å². The SMILES string of the molecule is CCN(C)CCNc1cc(Cl)nc(SC)n1. The molecule has 1 rings (SSSR count). The zero-order valence-electron chi connectivity index (χ0n) is 9.83. The molecule has 16 heavy (non-hydrogen) atoms. The standard InChI is InChI=1S/C10H17ClN4S/c1-4-15(2)6-5-12-9-7-8(11)13-10(14-9)16-3/h7H,4-6H2,1-3H3,(H,12,13,14). The minimum Gasteiger partial charge on any atom is -0.369 e. The lowest BCUT2D eigenvalue weighted by Gasteiger charge is -2.14. The van der Waals surface area contributed by atoms with Crippen LogP contribution in [0.5, 0.6) is 0 Å². The molecule has 90 valence electrons. The first-order valence-electron chi connectivity index (χ1n) is 5.16. The smallest absolute Gasteiger partial charge is 0.190 e. The number of halogens is 1. The molecule has 4 nitrogen and oxygen atoms in total. The first-order chi connectivity index (χ1) is 7.65. The second-order valence-corrected chi connectivity index (χ2v) is 4.55. The molecular weight excluding hydrogens is 244 g/mol. The lowest BCUT2D eigenvalue weighted by Crippen LogP contribution is -2.25. The second-order valence-electron chi connectivity index (χ2n) is 3.39. The Morgan fingerprint density at radius 1 is 1.50 bits per heavy atom. The molecule has 0 aliphatic rings. The van der Waals surface area contributed by atoms with Crippen LogP contribution in [0, 0.1) is 0 Å². The molecule has 0 fully saturated rings. The molecular formula is C10H17ClN4S. The molecule has 0 saturated carbocycles. The summed E-state index contributed by atoms with van der Waals surface area (Å²) in [6.07, 6.45) is 1.93. The number of rotatable bonds is 6. The van der Waals surface area contributed by atoms with E-state index in [9.17, 15) is 0 Å². The first-order valence-corrected chi connectivity index (χ1v) is 6.77. The summed E-state index contributed by atoms with van der Waals surface area (Å²) >= 11 is 7.37. The molecule has 0 radical (unpaired) electrons. The van der Waals surface area contributed by atoms with Gasteiger partial charge < -0.3 is 10.2 Å². The average molecular weight is 261 g/mol. The van der Waals surface area contributed by atoms with Crippen LogP contribution in [-0.2, 0) is 0 Å². The van der Waals surface area contributed by atoms with Crippen LogP contribution in [0.25, 0.3) is 0 Å². The molecule has 0 atom stereocenters. The predicted molar refractivity (Wildman–Crippen MR) is 70.5 cm³/mol. The van der Waals surface area contributed by atoms with Crippen molar-refractivity contribution in [3.63, 3.8) is 0 Å². The summed E-state index contributed by atoms with van der Waals surface area (Å²) in [5, 5.41) is 4.41. The number of hydrogen-bond acceptors (Lipinski definition) is 5. The highest BCUT2D eigenvalue weighted by atomic mass is 35.5. The Kier molecular flexibility index (Phi) is 5.87. The van der Waals surface area contributed by atoms with E-state index in [1.807, 2.05) is 6.26 Å². The third-order valence-electron chi connectivity index (χ3n) is 2.20. The van der Waals surface area contributed by atoms with E-state index in [1.165, 1.54) is 11.8 Å². The van der Waals surface area contributed by atoms with E-state index in [2.05, 4.69) is 34.2 Å². The summed E-state index contributed by atoms with van der Waals surface area (Å²) in [5.74, 6) is 0.786. The summed E-state index contributed by atoms with van der Waals surface area (Å²) in [6.45, 7) is 5.01. The summed E-state index contributed by atoms with van der Waals surface area (Å²) < 4.78 is 0. The Bertz CT molecular complexity index is 335. The highest BCUT2D eigenvalue weighted by Gasteiger charge is 2.02. The Morgan fingerprint density at radius 2 is 2.25 bits per heavy atom. The summed E-state index contributed by atoms with van der Waals surface area (Å²) in [5.41, 5.74) is 0. The van der Waals surface area contributed by atoms with Crippen LogP contribution in [0.3, 0.4) is 0 Å². The van der Waals surface area contributed by atoms with E-state index in [0.717, 1.165) is 25.5 Å². The number of nitrogens with zero attached hydrogens (tertiary/aromatic N) is 3. The maximum Gasteiger partial charge on any atom is 0.190 e. The molecule has 0 saturated heterocycles. The number of likely N-dealkylation sites (N-methyl/N-ethyl adjacent to an activating group) is 1. The van der Waals surface area contributed by atoms with Gasteiger partial charge in [-0.25, -0.2) is 9.97 Å². The van der Waals surface area contributed by atoms with Gasteiger partial charge in [0, 0.05) is 19.2 Å². The third kappa shape index (κ3) is 4.55. The molecule has 1 aromatic rings. The largest absolute Gasteiger partial charge is 0.369 e. The zero-order chi connectivity index (χ0) is 12.0. The van der Waals surface area contributed by atoms with Crippen molar-refractivity contribution in [3.8, 4) is 0 Å². The van der Waals surface area contributed by atoms with E-state index in [4.69, 9.17) is 11.6 Å². The quantitative estimate of drug-likeness (QED) is 0.483. The zero-order valence-corrected chi connectivity index (χ0v) is 11.4. The van der Waals surface area contributed by atoms with Crippen molar-refractivity contribution in [1.82, 2.24) is 14.9 Å². The summed E-state index contributed by atoms with van der Waals surface area (Å²) in [7, 11) is 2.09. The van der Waals surface area contributed by atoms with Crippen LogP contribution in [0.1, 0.15) is 6.92 Å². The molecule has 6 heteroatoms. The summed E-state index contributed by atoms with van der Waals surface area (Å²) in [6, 6.07) is 1.74. The van der Waals surface area contributed by atoms with Crippen molar-refractivity contribution in [1.29, 1.82) is 0 Å². The van der Waals surface area contributed by atoms with E-state index in [1.54, 1.807) is 6.07 Å². The highest BCUT2D eigenvalue weighted by molar-refractivity contribution is 7.98. The monoisotopic (exact) mass is 260 g/mol. The van der Waals surface area contributed by atoms with Gasteiger partial charge in [-0.15, -0.1) is 0 Å². The number of nitrogens with one attached hydrogen (secondary N) is 1. The van der Waals surface area contributed by atoms with Crippen molar-refractivity contribution in [2.75, 3.05) is 38.3 Å². The topological polar surface area (TPSA) is 41.0 Å². The van der Waals surface area contributed by atoms with Gasteiger partial charge in [0.25, 0.3) is 0 Å². The lowest BCUT2D eigenvalue weighted by molar-refractivity contribution is 0.367. The van der Waals surface area contributed by atoms with Crippen LogP contribution >= 0.6 is 23.4 Å². The average Bonchev–Trinajstić information content (AvgIpc) is 2.28. The van der Waals surface area contributed by atoms with Gasteiger partial charge >= 0.3 is 0 Å². The fourth-order valence-electron chi connectivity index (χ4n) is 1.11. The van der Waals surface area contributed by atoms with Crippen LogP contribution in [-0.4, -0.2) is 47.8 Å². The molecule has 0 spiro atoms. The fourth-order valence-corrected chi connectivity index (χ4v) is 1.72. The van der Waals surface area contributed by atoms with Crippen molar-refractivity contribution in [3.05, 3.63) is 11.2 Å². The molecule has 0 bridgehead atoms. The fraction of sp³-hybridized carbons (Fsp3) is 0.600. The number of anilines is 1. The van der Waals surface area contributed by atoms with Crippen molar-refractivity contribution >= 4 is 29.2 Å². The first kappa shape index (κ1) is 13.5. The number of hydrogen-bond donors (Lipinski definition) is 1. The van der Waals surface area contributed by atoms with Gasteiger partial charge in [-0.1, -0.05) is 30.3 Å². The van der Waals surface area contributed by atoms with Gasteiger partial charge in [0.1, 0.15) is 11.0 Å². The van der Waals surface area contributed by atoms with E-state index in [-0.39, 0.29) is 0 Å². The van der Waals surface area contributed by atoms with Crippen LogP contribution in [0.4, 0.5) is 5.82 Å². The van der Waals surface area contributed by atoms with Crippen molar-refractivity contribution < 1.29 is 0 Å². The van der Waals surface area contributed by atoms with E-state index >= 15 is 0 Å². The third-order valence-corrected chi connectivity index (χ3v) is 2.94. The van der Waals surface area contributed by atoms with Crippen LogP contribution in [0.15, 0.2) is 11.2 Å². The molecule has 1 aromatic heterocycles. The van der Waals surface area contributed by atoms with Gasteiger partial charge in [0.2, 0.25) is 0 Å². The van der Waals surface area contributed by atoms with Gasteiger partial charge in [-0.3, -0.25) is 0 Å². The Balaban J connectivity index is 2.50. The van der Waals surface area contributed by atoms with Gasteiger partial charge in [-0.2, -0.15) is 0 Å². The lowest BCUT2D eigenvalue weighted by atomic mass is 10.5. The van der Waals surface area contributed by atoms with E-state index < -0.39 is 0 Å². The van der Waals surface area contributed by atoms with Gasteiger partial charge in [0.15, 0.2) is 5.16 Å². The van der Waals surface area contributed by atoms with Gasteiger partial charge in [0.05, 0.1) is 0 Å². The van der Waals surface area contributed by atoms with Crippen LogP contribution < -0.4 is 5.32 Å². The van der Waals surface area contributed by atoms with Crippen LogP contribution in [0.2, 0.25) is 5.15 Å². The van der Waals surface area contributed by atoms with Crippen molar-refractivity contribution in [2.24, 2.45) is 0 Å². The van der Waals surface area contributed by atoms with Crippen molar-refractivity contribution in [2.45, 2.75) is 12.1 Å². The maximum absolute atomic E-state index is 5.88. The minimum atomic E-state index is 0.477. The van der Waals surface area contributed by atoms with Gasteiger partial charge in [-0.05, 0) is 19.8 Å². The summed E-state index contributed by atoms with van der Waals surface area (Å²) in [4.78, 5) is 10.6. The predicted octanol–water partition coefficient (Wildman–Crippen LogP) is 2.22. The number of thioether (sulfide) groups is 1. The molecule has 0 amide bonds. The molecule has 1 N–H and O–H groups in total. The Labute approximate surface area is 106 Å². The molecule has 1 heterocycles. The second kappa shape index (κ2) is 6.93. The maximum atomic E-state index is 5.88. The molecule has 0 aliphatic carbocycles. The minimum absolute atomic E-state index is 0.477. The Morgan fingerprint density at radius 3 is 2.88 bits per heavy atom. The number of aromatic nitrogens is 2.